The standard InChI is InChI=1S/C20H28O2/c1-15(8-6-9-16(2)14-19(21)22)11-12-18-17(3)10-7-13-20(18,4)5/h6,8-9,11-12,14H,7,10,13H2,1-5H3,(H,21,22)/b9-6+,12-11?,15-8?,16-14+/i2D3. The van der Waals surface area contributed by atoms with Crippen molar-refractivity contribution >= 4 is 5.97 Å². The van der Waals surface area contributed by atoms with Gasteiger partial charge in [0, 0.05) is 10.2 Å². The quantitative estimate of drug-likeness (QED) is 0.530. The van der Waals surface area contributed by atoms with Gasteiger partial charge in [-0.3, -0.25) is 0 Å². The van der Waals surface area contributed by atoms with Gasteiger partial charge in [0.25, 0.3) is 0 Å². The highest BCUT2D eigenvalue weighted by atomic mass is 16.4. The van der Waals surface area contributed by atoms with Crippen LogP contribution in [0.25, 0.3) is 0 Å². The molecule has 120 valence electrons. The molecule has 0 heterocycles. The van der Waals surface area contributed by atoms with E-state index in [4.69, 9.17) is 9.22 Å². The van der Waals surface area contributed by atoms with Crippen molar-refractivity contribution in [2.45, 2.75) is 53.8 Å². The fraction of sp³-hybridized carbons (Fsp3) is 0.450. The first-order valence-electron chi connectivity index (χ1n) is 9.12. The summed E-state index contributed by atoms with van der Waals surface area (Å²) >= 11 is 0. The highest BCUT2D eigenvalue weighted by Gasteiger charge is 2.26. The second kappa shape index (κ2) is 7.98. The summed E-state index contributed by atoms with van der Waals surface area (Å²) in [6.07, 6.45) is 13.1. The minimum absolute atomic E-state index is 0.174. The Morgan fingerprint density at radius 1 is 1.32 bits per heavy atom. The van der Waals surface area contributed by atoms with Crippen LogP contribution in [0.3, 0.4) is 0 Å². The average Bonchev–Trinajstić information content (AvgIpc) is 2.43. The van der Waals surface area contributed by atoms with Gasteiger partial charge in [0.1, 0.15) is 0 Å². The smallest absolute Gasteiger partial charge is 0.328 e. The molecule has 1 rings (SSSR count). The Balaban J connectivity index is 2.93. The van der Waals surface area contributed by atoms with Crippen LogP contribution >= 0.6 is 0 Å². The maximum Gasteiger partial charge on any atom is 0.328 e. The average molecular weight is 303 g/mol. The molecule has 0 radical (unpaired) electrons. The summed E-state index contributed by atoms with van der Waals surface area (Å²) in [5.41, 5.74) is 3.74. The van der Waals surface area contributed by atoms with E-state index in [1.807, 2.05) is 13.0 Å². The van der Waals surface area contributed by atoms with Crippen LogP contribution in [0.1, 0.15) is 57.9 Å². The molecule has 0 aliphatic heterocycles. The Morgan fingerprint density at radius 3 is 2.64 bits per heavy atom. The highest BCUT2D eigenvalue weighted by molar-refractivity contribution is 5.81. The molecule has 0 bridgehead atoms. The number of carbonyl (C=O) groups is 1. The highest BCUT2D eigenvalue weighted by Crippen LogP contribution is 2.40. The van der Waals surface area contributed by atoms with Gasteiger partial charge in [-0.05, 0) is 56.5 Å². The van der Waals surface area contributed by atoms with Crippen molar-refractivity contribution in [1.82, 2.24) is 0 Å². The number of allylic oxidation sites excluding steroid dienone is 9. The van der Waals surface area contributed by atoms with E-state index in [9.17, 15) is 4.79 Å². The minimum atomic E-state index is -2.44. The monoisotopic (exact) mass is 303 g/mol. The number of carboxylic acids is 1. The van der Waals surface area contributed by atoms with E-state index >= 15 is 0 Å². The summed E-state index contributed by atoms with van der Waals surface area (Å²) in [5.74, 6) is -1.27. The first-order valence-corrected chi connectivity index (χ1v) is 7.62. The molecule has 0 fully saturated rings. The zero-order valence-corrected chi connectivity index (χ0v) is 13.9. The second-order valence-corrected chi connectivity index (χ2v) is 6.47. The van der Waals surface area contributed by atoms with Crippen LogP contribution in [-0.2, 0) is 4.79 Å². The fourth-order valence-electron chi connectivity index (χ4n) is 2.77. The molecule has 1 aliphatic rings. The van der Waals surface area contributed by atoms with Crippen LogP contribution in [0.15, 0.2) is 58.7 Å². The predicted molar refractivity (Wildman–Crippen MR) is 93.8 cm³/mol. The summed E-state index contributed by atoms with van der Waals surface area (Å²) < 4.78 is 22.1. The van der Waals surface area contributed by atoms with Gasteiger partial charge in [-0.25, -0.2) is 4.79 Å². The summed E-state index contributed by atoms with van der Waals surface area (Å²) in [6.45, 7) is 6.18. The first kappa shape index (κ1) is 13.8. The van der Waals surface area contributed by atoms with Gasteiger partial charge >= 0.3 is 5.97 Å². The van der Waals surface area contributed by atoms with Gasteiger partial charge in [0.05, 0.1) is 0 Å². The topological polar surface area (TPSA) is 37.3 Å². The molecule has 0 aromatic carbocycles. The third-order valence-electron chi connectivity index (χ3n) is 3.97. The molecule has 0 unspecified atom stereocenters. The van der Waals surface area contributed by atoms with E-state index in [-0.39, 0.29) is 11.0 Å². The second-order valence-electron chi connectivity index (χ2n) is 6.47. The molecule has 2 nitrogen and oxygen atoms in total. The number of carboxylic acid groups (broad SMARTS) is 1. The maximum absolute atomic E-state index is 10.7. The van der Waals surface area contributed by atoms with E-state index < -0.39 is 12.8 Å². The molecule has 0 amide bonds. The van der Waals surface area contributed by atoms with E-state index in [1.165, 1.54) is 30.1 Å². The molecule has 0 atom stereocenters. The minimum Gasteiger partial charge on any atom is -0.478 e. The zero-order chi connectivity index (χ0) is 19.3. The van der Waals surface area contributed by atoms with Crippen LogP contribution in [0.5, 0.6) is 0 Å². The summed E-state index contributed by atoms with van der Waals surface area (Å²) in [4.78, 5) is 10.7. The third-order valence-corrected chi connectivity index (χ3v) is 3.97. The van der Waals surface area contributed by atoms with Crippen molar-refractivity contribution in [1.29, 1.82) is 0 Å². The Kier molecular flexibility index (Phi) is 5.01. The number of hydrogen-bond donors (Lipinski definition) is 1. The van der Waals surface area contributed by atoms with Crippen LogP contribution in [-0.4, -0.2) is 11.1 Å². The summed E-state index contributed by atoms with van der Waals surface area (Å²) in [6, 6.07) is 0. The van der Waals surface area contributed by atoms with Crippen molar-refractivity contribution in [2.24, 2.45) is 5.41 Å². The molecule has 1 N–H and O–H groups in total. The van der Waals surface area contributed by atoms with E-state index in [0.29, 0.717) is 0 Å². The lowest BCUT2D eigenvalue weighted by atomic mass is 9.72. The summed E-state index contributed by atoms with van der Waals surface area (Å²) in [7, 11) is 0. The Hall–Kier alpha value is -1.83. The molecule has 0 aromatic rings. The largest absolute Gasteiger partial charge is 0.478 e. The molecule has 22 heavy (non-hydrogen) atoms. The Labute approximate surface area is 138 Å². The third kappa shape index (κ3) is 5.88. The SMILES string of the molecule is [2H]C([2H])([2H])C(/C=C/C=C(C)C=CC1=C(C)CCCC1(C)C)=C\C(=O)O. The van der Waals surface area contributed by atoms with Crippen molar-refractivity contribution in [3.8, 4) is 0 Å². The zero-order valence-electron chi connectivity index (χ0n) is 16.9. The van der Waals surface area contributed by atoms with E-state index in [2.05, 4.69) is 26.8 Å². The molecule has 0 saturated heterocycles. The lowest BCUT2D eigenvalue weighted by molar-refractivity contribution is -0.131. The van der Waals surface area contributed by atoms with Crippen molar-refractivity contribution in [2.75, 3.05) is 0 Å². The molecule has 1 aliphatic carbocycles. The van der Waals surface area contributed by atoms with Crippen molar-refractivity contribution < 1.29 is 14.0 Å². The first-order chi connectivity index (χ1) is 11.4. The Bertz CT molecular complexity index is 657. The summed E-state index contributed by atoms with van der Waals surface area (Å²) in [5, 5.41) is 8.77. The number of rotatable bonds is 5. The van der Waals surface area contributed by atoms with Gasteiger partial charge in [-0.1, -0.05) is 55.4 Å². The van der Waals surface area contributed by atoms with Crippen LogP contribution in [0.2, 0.25) is 0 Å². The van der Waals surface area contributed by atoms with Gasteiger partial charge in [0.15, 0.2) is 0 Å². The van der Waals surface area contributed by atoms with Gasteiger partial charge in [-0.15, -0.1) is 0 Å². The molecular formula is C20H28O2. The number of hydrogen-bond acceptors (Lipinski definition) is 1. The molecular weight excluding hydrogens is 272 g/mol. The lowest BCUT2D eigenvalue weighted by Crippen LogP contribution is -2.19. The Morgan fingerprint density at radius 2 is 2.05 bits per heavy atom. The predicted octanol–water partition coefficient (Wildman–Crippen LogP) is 5.60. The fourth-order valence-corrected chi connectivity index (χ4v) is 2.77. The van der Waals surface area contributed by atoms with Crippen LogP contribution < -0.4 is 0 Å². The molecule has 0 aromatic heterocycles. The van der Waals surface area contributed by atoms with Gasteiger partial charge < -0.3 is 5.11 Å². The molecule has 0 saturated carbocycles. The maximum atomic E-state index is 10.7. The van der Waals surface area contributed by atoms with Gasteiger partial charge in [-0.2, -0.15) is 0 Å². The van der Waals surface area contributed by atoms with Gasteiger partial charge in [0.2, 0.25) is 0 Å². The van der Waals surface area contributed by atoms with Crippen LogP contribution in [0, 0.1) is 5.41 Å². The van der Waals surface area contributed by atoms with Crippen molar-refractivity contribution in [3.63, 3.8) is 0 Å². The van der Waals surface area contributed by atoms with Crippen molar-refractivity contribution in [3.05, 3.63) is 58.7 Å². The van der Waals surface area contributed by atoms with E-state index in [0.717, 1.165) is 18.1 Å². The number of aliphatic carboxylic acids is 1. The molecule has 0 spiro atoms. The normalized spacial score (nSPS) is 22.8. The molecule has 2 heteroatoms. The lowest BCUT2D eigenvalue weighted by Gasteiger charge is -2.32. The van der Waals surface area contributed by atoms with Crippen LogP contribution in [0.4, 0.5) is 0 Å². The van der Waals surface area contributed by atoms with E-state index in [1.54, 1.807) is 12.2 Å².